The lowest BCUT2D eigenvalue weighted by Crippen LogP contribution is -2.52. The highest BCUT2D eigenvalue weighted by atomic mass is 35.5. The Labute approximate surface area is 209 Å². The van der Waals surface area contributed by atoms with E-state index in [-0.39, 0.29) is 29.2 Å². The molecule has 1 N–H and O–H groups in total. The average Bonchev–Trinajstić information content (AvgIpc) is 2.77. The SMILES string of the molecule is CC[C@H](C)NC(=O)[C@@H](C)N(Cc1ccccc1Cl)C(=O)CN(c1ccc(F)c(Cl)c1)S(C)(=O)=O. The Hall–Kier alpha value is -2.36. The van der Waals surface area contributed by atoms with Crippen LogP contribution in [0.3, 0.4) is 0 Å². The third-order valence-corrected chi connectivity index (χ3v) is 7.14. The van der Waals surface area contributed by atoms with Crippen molar-refractivity contribution in [1.82, 2.24) is 10.2 Å². The molecule has 0 aliphatic rings. The molecule has 11 heteroatoms. The summed E-state index contributed by atoms with van der Waals surface area (Å²) >= 11 is 12.1. The molecule has 0 aromatic heterocycles. The molecule has 0 radical (unpaired) electrons. The second kappa shape index (κ2) is 11.9. The smallest absolute Gasteiger partial charge is 0.244 e. The Morgan fingerprint density at radius 3 is 2.29 bits per heavy atom. The van der Waals surface area contributed by atoms with Gasteiger partial charge in [-0.15, -0.1) is 0 Å². The van der Waals surface area contributed by atoms with Gasteiger partial charge in [0.05, 0.1) is 17.0 Å². The van der Waals surface area contributed by atoms with E-state index in [1.165, 1.54) is 11.0 Å². The van der Waals surface area contributed by atoms with E-state index in [0.29, 0.717) is 17.0 Å². The molecule has 0 saturated carbocycles. The van der Waals surface area contributed by atoms with Gasteiger partial charge in [-0.25, -0.2) is 12.8 Å². The molecule has 0 aliphatic carbocycles. The minimum absolute atomic E-state index is 0.0185. The van der Waals surface area contributed by atoms with Crippen LogP contribution < -0.4 is 9.62 Å². The number of carbonyl (C=O) groups is 2. The predicted octanol–water partition coefficient (Wildman–Crippen LogP) is 4.23. The summed E-state index contributed by atoms with van der Waals surface area (Å²) in [5.74, 6) is -1.75. The van der Waals surface area contributed by atoms with Crippen molar-refractivity contribution in [2.24, 2.45) is 0 Å². The standard InChI is InChI=1S/C23H28Cl2FN3O4S/c1-5-15(2)27-23(31)16(3)28(13-17-8-6-7-9-19(17)24)22(30)14-29(34(4,32)33)18-10-11-21(26)20(25)12-18/h6-12,15-16H,5,13-14H2,1-4H3,(H,27,31)/t15-,16+/m0/s1. The maximum Gasteiger partial charge on any atom is 0.244 e. The Kier molecular flexibility index (Phi) is 9.73. The van der Waals surface area contributed by atoms with Crippen molar-refractivity contribution in [2.45, 2.75) is 45.8 Å². The quantitative estimate of drug-likeness (QED) is 0.496. The third-order valence-electron chi connectivity index (χ3n) is 5.34. The minimum Gasteiger partial charge on any atom is -0.352 e. The van der Waals surface area contributed by atoms with Gasteiger partial charge >= 0.3 is 0 Å². The van der Waals surface area contributed by atoms with Gasteiger partial charge in [0.2, 0.25) is 21.8 Å². The van der Waals surface area contributed by atoms with Crippen LogP contribution >= 0.6 is 23.2 Å². The first-order valence-electron chi connectivity index (χ1n) is 10.6. The van der Waals surface area contributed by atoms with Crippen molar-refractivity contribution < 1.29 is 22.4 Å². The molecule has 34 heavy (non-hydrogen) atoms. The fourth-order valence-corrected chi connectivity index (χ4v) is 4.32. The van der Waals surface area contributed by atoms with Gasteiger partial charge in [-0.05, 0) is 50.1 Å². The first-order chi connectivity index (χ1) is 15.8. The van der Waals surface area contributed by atoms with Crippen LogP contribution in [0.1, 0.15) is 32.8 Å². The highest BCUT2D eigenvalue weighted by Gasteiger charge is 2.31. The van der Waals surface area contributed by atoms with Crippen LogP contribution in [-0.4, -0.2) is 50.0 Å². The molecule has 0 bridgehead atoms. The van der Waals surface area contributed by atoms with Gasteiger partial charge in [-0.1, -0.05) is 48.3 Å². The van der Waals surface area contributed by atoms with Gasteiger partial charge in [-0.2, -0.15) is 0 Å². The van der Waals surface area contributed by atoms with Crippen molar-refractivity contribution in [3.63, 3.8) is 0 Å². The van der Waals surface area contributed by atoms with E-state index >= 15 is 0 Å². The van der Waals surface area contributed by atoms with E-state index in [9.17, 15) is 22.4 Å². The van der Waals surface area contributed by atoms with Crippen molar-refractivity contribution in [3.05, 3.63) is 63.9 Å². The second-order valence-electron chi connectivity index (χ2n) is 7.97. The topological polar surface area (TPSA) is 86.8 Å². The molecule has 186 valence electrons. The number of halogens is 3. The first kappa shape index (κ1) is 27.9. The Morgan fingerprint density at radius 2 is 1.74 bits per heavy atom. The van der Waals surface area contributed by atoms with E-state index in [0.717, 1.165) is 22.7 Å². The number of amides is 2. The van der Waals surface area contributed by atoms with Gasteiger partial charge in [0.25, 0.3) is 0 Å². The molecule has 0 fully saturated rings. The van der Waals surface area contributed by atoms with Crippen LogP contribution in [-0.2, 0) is 26.2 Å². The number of hydrogen-bond donors (Lipinski definition) is 1. The van der Waals surface area contributed by atoms with Crippen LogP contribution in [0.2, 0.25) is 10.0 Å². The number of rotatable bonds is 10. The Balaban J connectivity index is 2.42. The lowest BCUT2D eigenvalue weighted by atomic mass is 10.1. The summed E-state index contributed by atoms with van der Waals surface area (Å²) in [4.78, 5) is 27.5. The van der Waals surface area contributed by atoms with E-state index in [1.54, 1.807) is 31.2 Å². The zero-order valence-corrected chi connectivity index (χ0v) is 21.7. The van der Waals surface area contributed by atoms with Gasteiger partial charge in [0.1, 0.15) is 18.4 Å². The predicted molar refractivity (Wildman–Crippen MR) is 133 cm³/mol. The molecule has 7 nitrogen and oxygen atoms in total. The molecular formula is C23H28Cl2FN3O4S. The Bertz CT molecular complexity index is 1150. The maximum atomic E-state index is 13.6. The zero-order valence-electron chi connectivity index (χ0n) is 19.4. The molecule has 0 saturated heterocycles. The normalized spacial score (nSPS) is 13.1. The Morgan fingerprint density at radius 1 is 1.09 bits per heavy atom. The van der Waals surface area contributed by atoms with Crippen molar-refractivity contribution in [2.75, 3.05) is 17.1 Å². The van der Waals surface area contributed by atoms with E-state index in [4.69, 9.17) is 23.2 Å². The van der Waals surface area contributed by atoms with Crippen LogP contribution in [0, 0.1) is 5.82 Å². The number of anilines is 1. The lowest BCUT2D eigenvalue weighted by Gasteiger charge is -2.32. The molecule has 0 unspecified atom stereocenters. The van der Waals surface area contributed by atoms with Crippen LogP contribution in [0.25, 0.3) is 0 Å². The number of sulfonamides is 1. The highest BCUT2D eigenvalue weighted by Crippen LogP contribution is 2.25. The number of nitrogens with one attached hydrogen (secondary N) is 1. The number of benzene rings is 2. The second-order valence-corrected chi connectivity index (χ2v) is 10.7. The molecule has 2 atom stereocenters. The number of carbonyl (C=O) groups excluding carboxylic acids is 2. The highest BCUT2D eigenvalue weighted by molar-refractivity contribution is 7.92. The van der Waals surface area contributed by atoms with E-state index in [2.05, 4.69) is 5.32 Å². The summed E-state index contributed by atoms with van der Waals surface area (Å²) in [5.41, 5.74) is 0.619. The van der Waals surface area contributed by atoms with Crippen LogP contribution in [0.15, 0.2) is 42.5 Å². The minimum atomic E-state index is -3.95. The van der Waals surface area contributed by atoms with Gasteiger partial charge in [0.15, 0.2) is 0 Å². The van der Waals surface area contributed by atoms with E-state index < -0.39 is 34.3 Å². The van der Waals surface area contributed by atoms with Crippen LogP contribution in [0.5, 0.6) is 0 Å². The summed E-state index contributed by atoms with van der Waals surface area (Å²) in [6.07, 6.45) is 1.62. The van der Waals surface area contributed by atoms with Crippen LogP contribution in [0.4, 0.5) is 10.1 Å². The monoisotopic (exact) mass is 531 g/mol. The average molecular weight is 532 g/mol. The molecule has 0 aliphatic heterocycles. The summed E-state index contributed by atoms with van der Waals surface area (Å²) in [7, 11) is -3.95. The summed E-state index contributed by atoms with van der Waals surface area (Å²) < 4.78 is 39.5. The number of hydrogen-bond acceptors (Lipinski definition) is 4. The first-order valence-corrected chi connectivity index (χ1v) is 13.2. The molecular weight excluding hydrogens is 504 g/mol. The lowest BCUT2D eigenvalue weighted by molar-refractivity contribution is -0.139. The summed E-state index contributed by atoms with van der Waals surface area (Å²) in [5, 5.41) is 2.96. The van der Waals surface area contributed by atoms with Gasteiger partial charge in [-0.3, -0.25) is 13.9 Å². The zero-order chi connectivity index (χ0) is 25.6. The largest absolute Gasteiger partial charge is 0.352 e. The molecule has 2 amide bonds. The fraction of sp³-hybridized carbons (Fsp3) is 0.391. The van der Waals surface area contributed by atoms with Gasteiger partial charge in [0, 0.05) is 17.6 Å². The van der Waals surface area contributed by atoms with Crippen molar-refractivity contribution in [1.29, 1.82) is 0 Å². The summed E-state index contributed by atoms with van der Waals surface area (Å²) in [6, 6.07) is 9.19. The third kappa shape index (κ3) is 7.32. The van der Waals surface area contributed by atoms with Crippen molar-refractivity contribution in [3.8, 4) is 0 Å². The molecule has 0 spiro atoms. The van der Waals surface area contributed by atoms with Crippen molar-refractivity contribution >= 4 is 50.7 Å². The summed E-state index contributed by atoms with van der Waals surface area (Å²) in [6.45, 7) is 4.68. The molecule has 2 aromatic carbocycles. The van der Waals surface area contributed by atoms with E-state index in [1.807, 2.05) is 13.8 Å². The molecule has 2 aromatic rings. The van der Waals surface area contributed by atoms with Gasteiger partial charge < -0.3 is 10.2 Å². The maximum absolute atomic E-state index is 13.6. The number of nitrogens with zero attached hydrogens (tertiary/aromatic N) is 2. The fourth-order valence-electron chi connectivity index (χ4n) is 3.11. The molecule has 0 heterocycles. The molecule has 2 rings (SSSR count).